The number of amides is 3. The van der Waals surface area contributed by atoms with E-state index < -0.39 is 0 Å². The van der Waals surface area contributed by atoms with Gasteiger partial charge in [-0.3, -0.25) is 14.4 Å². The van der Waals surface area contributed by atoms with Gasteiger partial charge in [-0.1, -0.05) is 30.1 Å². The molecule has 31 heavy (non-hydrogen) atoms. The first-order chi connectivity index (χ1) is 14.9. The van der Waals surface area contributed by atoms with Crippen molar-refractivity contribution in [2.45, 2.75) is 19.8 Å². The molecule has 0 aromatic heterocycles. The zero-order valence-corrected chi connectivity index (χ0v) is 18.5. The Hall–Kier alpha value is -2.77. The van der Waals surface area contributed by atoms with Crippen molar-refractivity contribution in [1.29, 1.82) is 0 Å². The zero-order chi connectivity index (χ0) is 22.4. The smallest absolute Gasteiger partial charge is 0.262 e. The molecule has 9 heteroatoms. The largest absolute Gasteiger partial charge is 0.484 e. The molecule has 1 aliphatic rings. The number of ether oxygens (including phenoxy) is 1. The molecule has 2 aromatic rings. The normalized spacial score (nSPS) is 15.6. The monoisotopic (exact) mass is 463 g/mol. The Morgan fingerprint density at radius 3 is 2.55 bits per heavy atom. The SMILES string of the molecule is CCCNC(=O)C1CC(=O)N(c2ccc(OCC(=O)Nc3ccc(Cl)c(Cl)c3)cc2)C1. The summed E-state index contributed by atoms with van der Waals surface area (Å²) in [5, 5.41) is 6.26. The fourth-order valence-electron chi connectivity index (χ4n) is 3.17. The summed E-state index contributed by atoms with van der Waals surface area (Å²) in [6.07, 6.45) is 1.05. The van der Waals surface area contributed by atoms with Gasteiger partial charge in [0.15, 0.2) is 6.61 Å². The Bertz CT molecular complexity index is 966. The van der Waals surface area contributed by atoms with Crippen LogP contribution in [0.25, 0.3) is 0 Å². The van der Waals surface area contributed by atoms with Gasteiger partial charge in [0.25, 0.3) is 5.91 Å². The van der Waals surface area contributed by atoms with E-state index in [2.05, 4.69) is 10.6 Å². The van der Waals surface area contributed by atoms with E-state index in [0.29, 0.717) is 40.3 Å². The topological polar surface area (TPSA) is 87.7 Å². The van der Waals surface area contributed by atoms with Gasteiger partial charge < -0.3 is 20.3 Å². The quantitative estimate of drug-likeness (QED) is 0.621. The van der Waals surface area contributed by atoms with Crippen LogP contribution in [0.15, 0.2) is 42.5 Å². The molecule has 1 unspecified atom stereocenters. The third kappa shape index (κ3) is 6.12. The highest BCUT2D eigenvalue weighted by atomic mass is 35.5. The second kappa shape index (κ2) is 10.5. The molecule has 1 aliphatic heterocycles. The van der Waals surface area contributed by atoms with Gasteiger partial charge in [0.05, 0.1) is 16.0 Å². The average Bonchev–Trinajstić information content (AvgIpc) is 3.15. The van der Waals surface area contributed by atoms with Crippen LogP contribution < -0.4 is 20.3 Å². The van der Waals surface area contributed by atoms with Gasteiger partial charge in [0.1, 0.15) is 5.75 Å². The number of nitrogens with one attached hydrogen (secondary N) is 2. The van der Waals surface area contributed by atoms with Crippen molar-refractivity contribution < 1.29 is 19.1 Å². The van der Waals surface area contributed by atoms with Crippen LogP contribution in [-0.4, -0.2) is 37.4 Å². The number of carbonyl (C=O) groups is 3. The lowest BCUT2D eigenvalue weighted by Gasteiger charge is -2.17. The van der Waals surface area contributed by atoms with Crippen LogP contribution >= 0.6 is 23.2 Å². The van der Waals surface area contributed by atoms with Gasteiger partial charge >= 0.3 is 0 Å². The van der Waals surface area contributed by atoms with E-state index in [1.165, 1.54) is 0 Å². The number of nitrogens with zero attached hydrogens (tertiary/aromatic N) is 1. The number of rotatable bonds is 8. The second-order valence-electron chi connectivity index (χ2n) is 7.16. The summed E-state index contributed by atoms with van der Waals surface area (Å²) in [7, 11) is 0. The summed E-state index contributed by atoms with van der Waals surface area (Å²) < 4.78 is 5.50. The van der Waals surface area contributed by atoms with Gasteiger partial charge in [-0.15, -0.1) is 0 Å². The fraction of sp³-hybridized carbons (Fsp3) is 0.318. The first-order valence-corrected chi connectivity index (χ1v) is 10.7. The van der Waals surface area contributed by atoms with E-state index in [1.807, 2.05) is 6.92 Å². The second-order valence-corrected chi connectivity index (χ2v) is 7.97. The molecule has 0 bridgehead atoms. The third-order valence-corrected chi connectivity index (χ3v) is 5.51. The van der Waals surface area contributed by atoms with Gasteiger partial charge in [-0.2, -0.15) is 0 Å². The Morgan fingerprint density at radius 2 is 1.87 bits per heavy atom. The van der Waals surface area contributed by atoms with E-state index in [0.717, 1.165) is 6.42 Å². The number of carbonyl (C=O) groups excluding carboxylic acids is 3. The molecule has 0 aliphatic carbocycles. The van der Waals surface area contributed by atoms with Crippen molar-refractivity contribution >= 4 is 52.3 Å². The molecule has 3 amide bonds. The maximum atomic E-state index is 12.3. The average molecular weight is 464 g/mol. The van der Waals surface area contributed by atoms with E-state index >= 15 is 0 Å². The molecule has 3 rings (SSSR count). The van der Waals surface area contributed by atoms with Crippen LogP contribution in [0, 0.1) is 5.92 Å². The number of hydrogen-bond acceptors (Lipinski definition) is 4. The Morgan fingerprint density at radius 1 is 1.13 bits per heavy atom. The van der Waals surface area contributed by atoms with E-state index in [9.17, 15) is 14.4 Å². The van der Waals surface area contributed by atoms with Crippen molar-refractivity contribution in [3.05, 3.63) is 52.5 Å². The van der Waals surface area contributed by atoms with E-state index in [1.54, 1.807) is 47.4 Å². The minimum Gasteiger partial charge on any atom is -0.484 e. The van der Waals surface area contributed by atoms with Gasteiger partial charge in [-0.25, -0.2) is 0 Å². The molecule has 1 atom stereocenters. The highest BCUT2D eigenvalue weighted by Crippen LogP contribution is 2.27. The van der Waals surface area contributed by atoms with Crippen molar-refractivity contribution in [3.63, 3.8) is 0 Å². The van der Waals surface area contributed by atoms with Crippen molar-refractivity contribution in [1.82, 2.24) is 5.32 Å². The van der Waals surface area contributed by atoms with Crippen molar-refractivity contribution in [2.24, 2.45) is 5.92 Å². The minimum atomic E-state index is -0.349. The molecule has 164 valence electrons. The van der Waals surface area contributed by atoms with E-state index in [-0.39, 0.29) is 36.7 Å². The lowest BCUT2D eigenvalue weighted by molar-refractivity contribution is -0.126. The summed E-state index contributed by atoms with van der Waals surface area (Å²) in [6, 6.07) is 11.6. The predicted octanol–water partition coefficient (Wildman–Crippen LogP) is 3.89. The lowest BCUT2D eigenvalue weighted by Crippen LogP contribution is -2.33. The summed E-state index contributed by atoms with van der Waals surface area (Å²) in [5.74, 6) is -0.396. The van der Waals surface area contributed by atoms with Crippen LogP contribution in [-0.2, 0) is 14.4 Å². The molecular weight excluding hydrogens is 441 g/mol. The zero-order valence-electron chi connectivity index (χ0n) is 17.0. The molecule has 2 N–H and O–H groups in total. The maximum Gasteiger partial charge on any atom is 0.262 e. The number of benzene rings is 2. The van der Waals surface area contributed by atoms with Crippen molar-refractivity contribution in [3.8, 4) is 5.75 Å². The Kier molecular flexibility index (Phi) is 7.76. The standard InChI is InChI=1S/C22H23Cl2N3O4/c1-2-9-25-22(30)14-10-21(29)27(12-14)16-4-6-17(7-5-16)31-13-20(28)26-15-3-8-18(23)19(24)11-15/h3-8,11,14H,2,9-10,12-13H2,1H3,(H,25,30)(H,26,28). The third-order valence-electron chi connectivity index (χ3n) is 4.77. The van der Waals surface area contributed by atoms with Crippen LogP contribution in [0.2, 0.25) is 10.0 Å². The van der Waals surface area contributed by atoms with Gasteiger partial charge in [-0.05, 0) is 48.9 Å². The maximum absolute atomic E-state index is 12.3. The van der Waals surface area contributed by atoms with Gasteiger partial charge in [0, 0.05) is 30.9 Å². The summed E-state index contributed by atoms with van der Waals surface area (Å²) in [6.45, 7) is 2.74. The Labute approximate surface area is 190 Å². The molecule has 0 radical (unpaired) electrons. The molecule has 2 aromatic carbocycles. The first kappa shape index (κ1) is 22.9. The van der Waals surface area contributed by atoms with Crippen LogP contribution in [0.4, 0.5) is 11.4 Å². The highest BCUT2D eigenvalue weighted by molar-refractivity contribution is 6.42. The molecule has 1 heterocycles. The first-order valence-electron chi connectivity index (χ1n) is 9.93. The molecule has 7 nitrogen and oxygen atoms in total. The number of anilines is 2. The molecular formula is C22H23Cl2N3O4. The predicted molar refractivity (Wildman–Crippen MR) is 121 cm³/mol. The highest BCUT2D eigenvalue weighted by Gasteiger charge is 2.34. The molecule has 1 fully saturated rings. The summed E-state index contributed by atoms with van der Waals surface area (Å²) in [4.78, 5) is 38.1. The summed E-state index contributed by atoms with van der Waals surface area (Å²) >= 11 is 11.8. The fourth-order valence-corrected chi connectivity index (χ4v) is 3.47. The lowest BCUT2D eigenvalue weighted by atomic mass is 10.1. The van der Waals surface area contributed by atoms with Crippen LogP contribution in [0.3, 0.4) is 0 Å². The van der Waals surface area contributed by atoms with Gasteiger partial charge in [0.2, 0.25) is 11.8 Å². The van der Waals surface area contributed by atoms with E-state index in [4.69, 9.17) is 27.9 Å². The minimum absolute atomic E-state index is 0.0914. The van der Waals surface area contributed by atoms with Crippen LogP contribution in [0.5, 0.6) is 5.75 Å². The Balaban J connectivity index is 1.52. The summed E-state index contributed by atoms with van der Waals surface area (Å²) in [5.41, 5.74) is 1.20. The number of halogens is 2. The van der Waals surface area contributed by atoms with Crippen LogP contribution in [0.1, 0.15) is 19.8 Å². The molecule has 0 spiro atoms. The molecule has 1 saturated heterocycles. The number of hydrogen-bond donors (Lipinski definition) is 2. The van der Waals surface area contributed by atoms with Crippen molar-refractivity contribution in [2.75, 3.05) is 29.9 Å². The molecule has 0 saturated carbocycles.